The largest absolute Gasteiger partial charge is 0.417 e. The first-order valence-electron chi connectivity index (χ1n) is 10.5. The number of nitriles is 1. The molecule has 2 amide bonds. The number of aliphatic imine (C=N–C) groups is 1. The molecule has 1 aliphatic carbocycles. The summed E-state index contributed by atoms with van der Waals surface area (Å²) in [5, 5.41) is 10.3. The van der Waals surface area contributed by atoms with Crippen molar-refractivity contribution in [3.05, 3.63) is 41.5 Å². The molecule has 2 aliphatic heterocycles. The summed E-state index contributed by atoms with van der Waals surface area (Å²) in [6.07, 6.45) is 0.162. The molecular weight excluding hydrogens is 473 g/mol. The van der Waals surface area contributed by atoms with E-state index < -0.39 is 67.7 Å². The summed E-state index contributed by atoms with van der Waals surface area (Å²) in [6.45, 7) is 0.724. The highest BCUT2D eigenvalue weighted by Gasteiger charge is 2.50. The summed E-state index contributed by atoms with van der Waals surface area (Å²) >= 11 is 0. The molecule has 0 bridgehead atoms. The number of allylic oxidation sites excluding steroid dienone is 1. The summed E-state index contributed by atoms with van der Waals surface area (Å²) in [5.74, 6) is -1.28. The standard InChI is InChI=1S/C22H21F3N4O4S/c1-13(30)29-11-15(10-18(29)20(31)28-21(12-26)6-7-21)34(32,33)19-5-4-14(17-3-2-8-27-17)9-16(19)22(23,24)25/h2-5,8-9,15,17-18H,6-7,10-11H2,1H3,(H,28,31)/t15-,17?,18+/m1/s1. The molecule has 2 fully saturated rings. The van der Waals surface area contributed by atoms with Crippen molar-refractivity contribution in [1.82, 2.24) is 10.2 Å². The molecule has 1 aromatic rings. The molecule has 180 valence electrons. The molecule has 1 N–H and O–H groups in total. The molecule has 12 heteroatoms. The fourth-order valence-corrected chi connectivity index (χ4v) is 6.14. The Hall–Kier alpha value is -3.20. The number of hydrogen-bond donors (Lipinski definition) is 1. The van der Waals surface area contributed by atoms with Crippen LogP contribution in [0.15, 0.2) is 40.2 Å². The van der Waals surface area contributed by atoms with Crippen LogP contribution in [0.5, 0.6) is 0 Å². The van der Waals surface area contributed by atoms with E-state index in [9.17, 15) is 36.4 Å². The molecule has 3 aliphatic rings. The van der Waals surface area contributed by atoms with E-state index in [2.05, 4.69) is 10.3 Å². The normalized spacial score (nSPS) is 25.3. The van der Waals surface area contributed by atoms with Gasteiger partial charge in [-0.05, 0) is 43.0 Å². The van der Waals surface area contributed by atoms with Gasteiger partial charge in [0, 0.05) is 19.7 Å². The van der Waals surface area contributed by atoms with Crippen LogP contribution in [0.25, 0.3) is 0 Å². The Labute approximate surface area is 194 Å². The minimum absolute atomic E-state index is 0.191. The van der Waals surface area contributed by atoms with Gasteiger partial charge in [0.15, 0.2) is 9.84 Å². The Balaban J connectivity index is 1.66. The third-order valence-corrected chi connectivity index (χ3v) is 8.51. The second-order valence-electron chi connectivity index (χ2n) is 8.65. The van der Waals surface area contributed by atoms with Crippen LogP contribution in [0.1, 0.15) is 43.4 Å². The Bertz CT molecular complexity index is 1230. The van der Waals surface area contributed by atoms with Gasteiger partial charge in [0.2, 0.25) is 11.8 Å². The van der Waals surface area contributed by atoms with E-state index in [1.165, 1.54) is 12.3 Å². The van der Waals surface area contributed by atoms with E-state index in [0.29, 0.717) is 12.8 Å². The summed E-state index contributed by atoms with van der Waals surface area (Å²) < 4.78 is 68.4. The molecule has 34 heavy (non-hydrogen) atoms. The molecule has 1 saturated heterocycles. The number of nitrogens with one attached hydrogen (secondary N) is 1. The molecule has 1 saturated carbocycles. The minimum Gasteiger partial charge on any atom is -0.336 e. The van der Waals surface area contributed by atoms with E-state index >= 15 is 0 Å². The molecule has 0 spiro atoms. The van der Waals surface area contributed by atoms with Crippen LogP contribution in [0, 0.1) is 11.3 Å². The van der Waals surface area contributed by atoms with Crippen molar-refractivity contribution in [2.75, 3.05) is 6.54 Å². The van der Waals surface area contributed by atoms with Gasteiger partial charge in [0.1, 0.15) is 11.6 Å². The number of nitrogens with zero attached hydrogens (tertiary/aromatic N) is 3. The molecular formula is C22H21F3N4O4S. The number of amides is 2. The smallest absolute Gasteiger partial charge is 0.336 e. The maximum atomic E-state index is 13.9. The predicted molar refractivity (Wildman–Crippen MR) is 114 cm³/mol. The Morgan fingerprint density at radius 3 is 2.53 bits per heavy atom. The van der Waals surface area contributed by atoms with Crippen molar-refractivity contribution >= 4 is 27.9 Å². The summed E-state index contributed by atoms with van der Waals surface area (Å²) in [7, 11) is -4.57. The second kappa shape index (κ2) is 8.23. The van der Waals surface area contributed by atoms with Crippen molar-refractivity contribution in [2.24, 2.45) is 4.99 Å². The molecule has 8 nitrogen and oxygen atoms in total. The van der Waals surface area contributed by atoms with Crippen LogP contribution in [-0.4, -0.2) is 54.7 Å². The van der Waals surface area contributed by atoms with E-state index in [-0.39, 0.29) is 12.0 Å². The average Bonchev–Trinajstić information content (AvgIpc) is 3.19. The molecule has 1 unspecified atom stereocenters. The van der Waals surface area contributed by atoms with Gasteiger partial charge in [0.05, 0.1) is 27.8 Å². The highest BCUT2D eigenvalue weighted by atomic mass is 32.2. The lowest BCUT2D eigenvalue weighted by Crippen LogP contribution is -2.48. The first-order chi connectivity index (χ1) is 15.9. The van der Waals surface area contributed by atoms with Crippen molar-refractivity contribution in [3.8, 4) is 6.07 Å². The second-order valence-corrected chi connectivity index (χ2v) is 10.9. The molecule has 0 radical (unpaired) electrons. The summed E-state index contributed by atoms with van der Waals surface area (Å²) in [5.41, 5.74) is -2.16. The maximum absolute atomic E-state index is 13.9. The Kier molecular flexibility index (Phi) is 5.80. The number of benzene rings is 1. The zero-order valence-electron chi connectivity index (χ0n) is 18.0. The van der Waals surface area contributed by atoms with Gasteiger partial charge in [0.25, 0.3) is 0 Å². The van der Waals surface area contributed by atoms with Crippen molar-refractivity contribution < 1.29 is 31.2 Å². The highest BCUT2D eigenvalue weighted by molar-refractivity contribution is 7.92. The van der Waals surface area contributed by atoms with Crippen molar-refractivity contribution in [2.45, 2.75) is 60.1 Å². The zero-order chi connectivity index (χ0) is 24.9. The van der Waals surface area contributed by atoms with Crippen LogP contribution < -0.4 is 5.32 Å². The lowest BCUT2D eigenvalue weighted by atomic mass is 10.0. The third-order valence-electron chi connectivity index (χ3n) is 6.32. The minimum atomic E-state index is -4.95. The van der Waals surface area contributed by atoms with E-state index in [4.69, 9.17) is 0 Å². The fraction of sp³-hybridized carbons (Fsp3) is 0.455. The molecule has 2 heterocycles. The quantitative estimate of drug-likeness (QED) is 0.674. The number of carbonyl (C=O) groups is 2. The molecule has 1 aromatic carbocycles. The lowest BCUT2D eigenvalue weighted by Gasteiger charge is -2.23. The van der Waals surface area contributed by atoms with Crippen molar-refractivity contribution in [1.29, 1.82) is 5.26 Å². The van der Waals surface area contributed by atoms with Crippen LogP contribution in [0.4, 0.5) is 13.2 Å². The SMILES string of the molecule is CC(=O)N1C[C@H](S(=O)(=O)c2ccc(C3C=CC=N3)cc2C(F)(F)F)C[C@H]1C(=O)NC1(C#N)CC1. The van der Waals surface area contributed by atoms with Crippen LogP contribution >= 0.6 is 0 Å². The first-order valence-corrected chi connectivity index (χ1v) is 12.1. The first kappa shape index (κ1) is 23.9. The zero-order valence-corrected chi connectivity index (χ0v) is 18.9. The van der Waals surface area contributed by atoms with Gasteiger partial charge in [-0.15, -0.1) is 0 Å². The van der Waals surface area contributed by atoms with Gasteiger partial charge in [-0.25, -0.2) is 8.42 Å². The maximum Gasteiger partial charge on any atom is 0.417 e. The number of carbonyl (C=O) groups excluding carboxylic acids is 2. The van der Waals surface area contributed by atoms with Gasteiger partial charge >= 0.3 is 6.18 Å². The monoisotopic (exact) mass is 494 g/mol. The molecule has 4 rings (SSSR count). The van der Waals surface area contributed by atoms with E-state index in [1.54, 1.807) is 12.2 Å². The molecule has 0 aromatic heterocycles. The highest BCUT2D eigenvalue weighted by Crippen LogP contribution is 2.40. The number of hydrogen-bond acceptors (Lipinski definition) is 6. The average molecular weight is 494 g/mol. The van der Waals surface area contributed by atoms with E-state index in [0.717, 1.165) is 24.0 Å². The summed E-state index contributed by atoms with van der Waals surface area (Å²) in [4.78, 5) is 29.0. The number of halogens is 3. The topological polar surface area (TPSA) is 120 Å². The fourth-order valence-electron chi connectivity index (χ4n) is 4.25. The van der Waals surface area contributed by atoms with Gasteiger partial charge in [-0.2, -0.15) is 18.4 Å². The lowest BCUT2D eigenvalue weighted by molar-refractivity contribution is -0.140. The van der Waals surface area contributed by atoms with Crippen LogP contribution in [0.3, 0.4) is 0 Å². The number of sulfone groups is 1. The number of rotatable bonds is 5. The van der Waals surface area contributed by atoms with E-state index in [1.807, 2.05) is 6.07 Å². The third kappa shape index (κ3) is 4.32. The Morgan fingerprint density at radius 2 is 2.00 bits per heavy atom. The van der Waals surface area contributed by atoms with Gasteiger partial charge in [-0.3, -0.25) is 14.6 Å². The van der Waals surface area contributed by atoms with Crippen molar-refractivity contribution in [3.63, 3.8) is 0 Å². The molecule has 3 atom stereocenters. The van der Waals surface area contributed by atoms with Gasteiger partial charge < -0.3 is 10.2 Å². The number of alkyl halides is 3. The predicted octanol–water partition coefficient (Wildman–Crippen LogP) is 2.32. The number of likely N-dealkylation sites (tertiary alicyclic amines) is 1. The van der Waals surface area contributed by atoms with Gasteiger partial charge in [-0.1, -0.05) is 12.1 Å². The Morgan fingerprint density at radius 1 is 1.29 bits per heavy atom. The summed E-state index contributed by atoms with van der Waals surface area (Å²) in [6, 6.07) is 3.11. The van der Waals surface area contributed by atoms with Crippen LogP contribution in [-0.2, 0) is 25.6 Å². The van der Waals surface area contributed by atoms with Crippen LogP contribution in [0.2, 0.25) is 0 Å².